The van der Waals surface area contributed by atoms with Gasteiger partial charge in [-0.1, -0.05) is 12.1 Å². The van der Waals surface area contributed by atoms with Crippen molar-refractivity contribution in [3.05, 3.63) is 47.3 Å². The van der Waals surface area contributed by atoms with E-state index in [0.717, 1.165) is 17.9 Å². The highest BCUT2D eigenvalue weighted by Gasteiger charge is 2.09. The maximum Gasteiger partial charge on any atom is 0.0675 e. The summed E-state index contributed by atoms with van der Waals surface area (Å²) >= 11 is 0. The van der Waals surface area contributed by atoms with E-state index < -0.39 is 0 Å². The maximum absolute atomic E-state index is 4.46. The average Bonchev–Trinajstić information content (AvgIpc) is 2.72. The topological polar surface area (TPSA) is 29.9 Å². The molecular formula is C16H23N3. The summed E-state index contributed by atoms with van der Waals surface area (Å²) in [6, 6.07) is 8.55. The molecule has 102 valence electrons. The number of aromatic nitrogens is 2. The molecule has 19 heavy (non-hydrogen) atoms. The van der Waals surface area contributed by atoms with Crippen molar-refractivity contribution in [3.8, 4) is 5.69 Å². The lowest BCUT2D eigenvalue weighted by Gasteiger charge is -2.21. The highest BCUT2D eigenvalue weighted by molar-refractivity contribution is 5.42. The lowest BCUT2D eigenvalue weighted by molar-refractivity contribution is 0.424. The molecule has 0 aliphatic carbocycles. The molecule has 1 heterocycles. The van der Waals surface area contributed by atoms with Gasteiger partial charge >= 0.3 is 0 Å². The van der Waals surface area contributed by atoms with E-state index >= 15 is 0 Å². The van der Waals surface area contributed by atoms with E-state index in [-0.39, 0.29) is 5.54 Å². The van der Waals surface area contributed by atoms with Gasteiger partial charge in [0.1, 0.15) is 0 Å². The predicted octanol–water partition coefficient (Wildman–Crippen LogP) is 3.38. The van der Waals surface area contributed by atoms with Gasteiger partial charge in [-0.25, -0.2) is 4.68 Å². The summed E-state index contributed by atoms with van der Waals surface area (Å²) < 4.78 is 1.94. The molecule has 0 aliphatic rings. The fourth-order valence-electron chi connectivity index (χ4n) is 2.00. The van der Waals surface area contributed by atoms with Crippen LogP contribution in [0.5, 0.6) is 0 Å². The zero-order valence-corrected chi connectivity index (χ0v) is 12.5. The second kappa shape index (κ2) is 5.17. The summed E-state index contributed by atoms with van der Waals surface area (Å²) in [5, 5.41) is 7.96. The van der Waals surface area contributed by atoms with Crippen LogP contribution in [-0.4, -0.2) is 15.3 Å². The fraction of sp³-hybridized carbons (Fsp3) is 0.438. The first-order valence-electron chi connectivity index (χ1n) is 6.72. The van der Waals surface area contributed by atoms with Crippen molar-refractivity contribution in [2.24, 2.45) is 0 Å². The lowest BCUT2D eigenvalue weighted by Crippen LogP contribution is -2.35. The summed E-state index contributed by atoms with van der Waals surface area (Å²) in [7, 11) is 0. The normalized spacial score (nSPS) is 11.8. The van der Waals surface area contributed by atoms with Gasteiger partial charge in [0.25, 0.3) is 0 Å². The molecule has 2 rings (SSSR count). The smallest absolute Gasteiger partial charge is 0.0675 e. The van der Waals surface area contributed by atoms with Crippen molar-refractivity contribution in [1.29, 1.82) is 0 Å². The monoisotopic (exact) mass is 257 g/mol. The largest absolute Gasteiger partial charge is 0.308 e. The molecule has 2 aromatic rings. The van der Waals surface area contributed by atoms with Gasteiger partial charge in [0.05, 0.1) is 11.4 Å². The van der Waals surface area contributed by atoms with Crippen LogP contribution in [-0.2, 0) is 6.54 Å². The number of hydrogen-bond donors (Lipinski definition) is 1. The Kier molecular flexibility index (Phi) is 3.76. The quantitative estimate of drug-likeness (QED) is 0.913. The highest BCUT2D eigenvalue weighted by atomic mass is 15.3. The third-order valence-electron chi connectivity index (χ3n) is 3.05. The molecule has 0 aliphatic heterocycles. The molecule has 0 fully saturated rings. The van der Waals surface area contributed by atoms with Crippen molar-refractivity contribution in [1.82, 2.24) is 15.1 Å². The number of rotatable bonds is 3. The standard InChI is InChI=1S/C16H23N3/c1-12-10-14(11-17-16(3,4)5)6-7-15(12)19-9-8-13(2)18-19/h6-10,17H,11H2,1-5H3. The van der Waals surface area contributed by atoms with Gasteiger partial charge in [-0.05, 0) is 57.9 Å². The van der Waals surface area contributed by atoms with Crippen LogP contribution in [0, 0.1) is 13.8 Å². The van der Waals surface area contributed by atoms with Gasteiger partial charge in [-0.15, -0.1) is 0 Å². The Morgan fingerprint density at radius 2 is 1.89 bits per heavy atom. The fourth-order valence-corrected chi connectivity index (χ4v) is 2.00. The van der Waals surface area contributed by atoms with Crippen molar-refractivity contribution >= 4 is 0 Å². The van der Waals surface area contributed by atoms with Crippen LogP contribution in [0.2, 0.25) is 0 Å². The van der Waals surface area contributed by atoms with Gasteiger partial charge in [0.2, 0.25) is 0 Å². The average molecular weight is 257 g/mol. The zero-order chi connectivity index (χ0) is 14.0. The van der Waals surface area contributed by atoms with E-state index in [1.54, 1.807) is 0 Å². The molecule has 0 spiro atoms. The van der Waals surface area contributed by atoms with Crippen molar-refractivity contribution in [2.75, 3.05) is 0 Å². The third-order valence-corrected chi connectivity index (χ3v) is 3.05. The summed E-state index contributed by atoms with van der Waals surface area (Å²) in [4.78, 5) is 0. The molecule has 0 saturated heterocycles. The SMILES string of the molecule is Cc1ccn(-c2ccc(CNC(C)(C)C)cc2C)n1. The number of aryl methyl sites for hydroxylation is 2. The Labute approximate surface area is 115 Å². The summed E-state index contributed by atoms with van der Waals surface area (Å²) in [5.41, 5.74) is 4.88. The molecule has 0 amide bonds. The molecule has 0 radical (unpaired) electrons. The number of nitrogens with one attached hydrogen (secondary N) is 1. The van der Waals surface area contributed by atoms with Gasteiger partial charge in [0.15, 0.2) is 0 Å². The first kappa shape index (κ1) is 13.8. The molecule has 1 aromatic heterocycles. The Bertz CT molecular complexity index is 562. The van der Waals surface area contributed by atoms with Crippen LogP contribution in [0.3, 0.4) is 0 Å². The minimum absolute atomic E-state index is 0.145. The molecule has 0 bridgehead atoms. The Morgan fingerprint density at radius 3 is 2.42 bits per heavy atom. The highest BCUT2D eigenvalue weighted by Crippen LogP contribution is 2.16. The maximum atomic E-state index is 4.46. The minimum Gasteiger partial charge on any atom is -0.308 e. The molecule has 3 nitrogen and oxygen atoms in total. The molecule has 0 atom stereocenters. The van der Waals surface area contributed by atoms with E-state index in [0.29, 0.717) is 0 Å². The summed E-state index contributed by atoms with van der Waals surface area (Å²) in [6.45, 7) is 11.6. The van der Waals surface area contributed by atoms with E-state index in [2.05, 4.69) is 56.3 Å². The van der Waals surface area contributed by atoms with Crippen LogP contribution in [0.1, 0.15) is 37.6 Å². The van der Waals surface area contributed by atoms with Gasteiger partial charge in [0, 0.05) is 18.3 Å². The number of hydrogen-bond acceptors (Lipinski definition) is 2. The second-order valence-corrected chi connectivity index (χ2v) is 6.13. The van der Waals surface area contributed by atoms with Crippen molar-refractivity contribution in [3.63, 3.8) is 0 Å². The first-order chi connectivity index (χ1) is 8.85. The summed E-state index contributed by atoms with van der Waals surface area (Å²) in [5.74, 6) is 0. The van der Waals surface area contributed by atoms with E-state index in [1.807, 2.05) is 23.9 Å². The summed E-state index contributed by atoms with van der Waals surface area (Å²) in [6.07, 6.45) is 2.00. The second-order valence-electron chi connectivity index (χ2n) is 6.13. The Morgan fingerprint density at radius 1 is 1.16 bits per heavy atom. The Balaban J connectivity index is 2.18. The van der Waals surface area contributed by atoms with Crippen LogP contribution in [0.15, 0.2) is 30.5 Å². The number of benzene rings is 1. The van der Waals surface area contributed by atoms with E-state index in [9.17, 15) is 0 Å². The van der Waals surface area contributed by atoms with Crippen LogP contribution < -0.4 is 5.32 Å². The molecule has 1 N–H and O–H groups in total. The Hall–Kier alpha value is -1.61. The van der Waals surface area contributed by atoms with E-state index in [1.165, 1.54) is 11.1 Å². The van der Waals surface area contributed by atoms with Gasteiger partial charge in [-0.2, -0.15) is 5.10 Å². The van der Waals surface area contributed by atoms with E-state index in [4.69, 9.17) is 0 Å². The first-order valence-corrected chi connectivity index (χ1v) is 6.72. The molecule has 1 aromatic carbocycles. The van der Waals surface area contributed by atoms with Crippen LogP contribution >= 0.6 is 0 Å². The van der Waals surface area contributed by atoms with Gasteiger partial charge < -0.3 is 5.32 Å². The lowest BCUT2D eigenvalue weighted by atomic mass is 10.1. The molecule has 0 saturated carbocycles. The van der Waals surface area contributed by atoms with Crippen LogP contribution in [0.25, 0.3) is 5.69 Å². The van der Waals surface area contributed by atoms with Crippen LogP contribution in [0.4, 0.5) is 0 Å². The molecular weight excluding hydrogens is 234 g/mol. The minimum atomic E-state index is 0.145. The van der Waals surface area contributed by atoms with Gasteiger partial charge in [-0.3, -0.25) is 0 Å². The number of nitrogens with zero attached hydrogens (tertiary/aromatic N) is 2. The van der Waals surface area contributed by atoms with Crippen molar-refractivity contribution < 1.29 is 0 Å². The molecule has 3 heteroatoms. The third kappa shape index (κ3) is 3.67. The van der Waals surface area contributed by atoms with Crippen molar-refractivity contribution in [2.45, 2.75) is 46.7 Å². The molecule has 0 unspecified atom stereocenters. The zero-order valence-electron chi connectivity index (χ0n) is 12.5. The predicted molar refractivity (Wildman–Crippen MR) is 79.6 cm³/mol.